The van der Waals surface area contributed by atoms with Gasteiger partial charge in [-0.15, -0.1) is 0 Å². The predicted molar refractivity (Wildman–Crippen MR) is 34.3 cm³/mol. The monoisotopic (exact) mass is 118 g/mol. The Hall–Kier alpha value is 0.390. The van der Waals surface area contributed by atoms with Gasteiger partial charge in [0.25, 0.3) is 0 Å². The summed E-state index contributed by atoms with van der Waals surface area (Å²) in [4.78, 5) is 0. The van der Waals surface area contributed by atoms with Crippen LogP contribution in [-0.4, -0.2) is 6.16 Å². The summed E-state index contributed by atoms with van der Waals surface area (Å²) >= 11 is 5.02. The van der Waals surface area contributed by atoms with E-state index in [0.29, 0.717) is 0 Å². The third kappa shape index (κ3) is 0.924. The van der Waals surface area contributed by atoms with E-state index in [1.54, 1.807) is 0 Å². The van der Waals surface area contributed by atoms with E-state index in [1.807, 2.05) is 0 Å². The van der Waals surface area contributed by atoms with Crippen molar-refractivity contribution in [2.45, 2.75) is 6.42 Å². The summed E-state index contributed by atoms with van der Waals surface area (Å²) in [6, 6.07) is 0. The van der Waals surface area contributed by atoms with Crippen molar-refractivity contribution in [3.63, 3.8) is 0 Å². The predicted octanol–water partition coefficient (Wildman–Crippen LogP) is 1.58. The molecule has 0 amide bonds. The van der Waals surface area contributed by atoms with Crippen LogP contribution in [0.5, 0.6) is 0 Å². The maximum atomic E-state index is 5.02. The first kappa shape index (κ1) is 4.55. The molecule has 0 saturated carbocycles. The topological polar surface area (TPSA) is 0 Å². The molecule has 0 bridgehead atoms. The molecule has 0 nitrogen and oxygen atoms in total. The van der Waals surface area contributed by atoms with Crippen LogP contribution in [0.4, 0.5) is 0 Å². The molecule has 0 aromatic rings. The molecule has 1 aliphatic heterocycles. The van der Waals surface area contributed by atoms with Gasteiger partial charge in [0.05, 0.1) is 0 Å². The van der Waals surface area contributed by atoms with Crippen LogP contribution in [0.1, 0.15) is 6.42 Å². The molecule has 0 aromatic carbocycles. The Bertz CT molecular complexity index is 95.7. The standard InChI is InChI=1S/C4H7PS/c6-5-3-1-2-4-5/h1,3,5H,2,4H2. The van der Waals surface area contributed by atoms with Crippen molar-refractivity contribution in [3.05, 3.63) is 11.9 Å². The van der Waals surface area contributed by atoms with Crippen LogP contribution in [0.3, 0.4) is 0 Å². The summed E-state index contributed by atoms with van der Waals surface area (Å²) in [5.41, 5.74) is 0. The first-order chi connectivity index (χ1) is 2.89. The smallest absolute Gasteiger partial charge is 0.0193 e. The van der Waals surface area contributed by atoms with E-state index in [2.05, 4.69) is 11.9 Å². The van der Waals surface area contributed by atoms with E-state index < -0.39 is 0 Å². The highest BCUT2D eigenvalue weighted by molar-refractivity contribution is 8.06. The van der Waals surface area contributed by atoms with Crippen molar-refractivity contribution in [1.29, 1.82) is 0 Å². The molecule has 0 radical (unpaired) electrons. The SMILES string of the molecule is S=[PH]1C=CCC1. The van der Waals surface area contributed by atoms with Crippen molar-refractivity contribution < 1.29 is 0 Å². The highest BCUT2D eigenvalue weighted by Gasteiger charge is 1.92. The van der Waals surface area contributed by atoms with Crippen molar-refractivity contribution in [2.24, 2.45) is 0 Å². The molecular formula is C4H7PS. The van der Waals surface area contributed by atoms with Gasteiger partial charge in [-0.3, -0.25) is 0 Å². The fraction of sp³-hybridized carbons (Fsp3) is 0.500. The van der Waals surface area contributed by atoms with Gasteiger partial charge in [0, 0.05) is 0 Å². The zero-order valence-electron chi connectivity index (χ0n) is 3.48. The first-order valence-electron chi connectivity index (χ1n) is 2.09. The normalized spacial score (nSPS) is 31.7. The van der Waals surface area contributed by atoms with Gasteiger partial charge in [0.1, 0.15) is 0 Å². The second kappa shape index (κ2) is 1.90. The minimum Gasteiger partial charge on any atom is -0.0966 e. The second-order valence-corrected chi connectivity index (χ2v) is 4.75. The Morgan fingerprint density at radius 3 is 2.67 bits per heavy atom. The van der Waals surface area contributed by atoms with Gasteiger partial charge in [-0.25, -0.2) is 0 Å². The lowest BCUT2D eigenvalue weighted by Crippen LogP contribution is -1.57. The molecule has 1 unspecified atom stereocenters. The maximum absolute atomic E-state index is 5.02. The van der Waals surface area contributed by atoms with Crippen molar-refractivity contribution in [3.8, 4) is 0 Å². The minimum absolute atomic E-state index is 0.354. The largest absolute Gasteiger partial charge is 0.0966 e. The molecule has 34 valence electrons. The molecule has 2 heteroatoms. The second-order valence-electron chi connectivity index (χ2n) is 1.41. The summed E-state index contributed by atoms with van der Waals surface area (Å²) in [6.45, 7) is -0.354. The van der Waals surface area contributed by atoms with Crippen LogP contribution in [0.25, 0.3) is 0 Å². The third-order valence-corrected chi connectivity index (χ3v) is 3.27. The molecule has 1 heterocycles. The minimum atomic E-state index is -0.354. The van der Waals surface area contributed by atoms with E-state index >= 15 is 0 Å². The molecule has 0 aromatic heterocycles. The van der Waals surface area contributed by atoms with E-state index in [0.717, 1.165) is 0 Å². The molecule has 0 spiro atoms. The molecule has 1 rings (SSSR count). The van der Waals surface area contributed by atoms with E-state index in [-0.39, 0.29) is 6.70 Å². The highest BCUT2D eigenvalue weighted by atomic mass is 32.4. The molecule has 1 aliphatic rings. The van der Waals surface area contributed by atoms with Crippen molar-refractivity contribution >= 4 is 18.5 Å². The van der Waals surface area contributed by atoms with Crippen LogP contribution >= 0.6 is 6.70 Å². The molecule has 0 N–H and O–H groups in total. The average Bonchev–Trinajstić information content (AvgIpc) is 1.86. The Morgan fingerprint density at radius 2 is 2.50 bits per heavy atom. The van der Waals surface area contributed by atoms with Crippen LogP contribution in [0, 0.1) is 0 Å². The fourth-order valence-electron chi connectivity index (χ4n) is 0.524. The summed E-state index contributed by atoms with van der Waals surface area (Å²) in [6.07, 6.45) is 4.74. The Balaban J connectivity index is 2.59. The van der Waals surface area contributed by atoms with Gasteiger partial charge < -0.3 is 0 Å². The molecule has 6 heavy (non-hydrogen) atoms. The molecular weight excluding hydrogens is 111 g/mol. The lowest BCUT2D eigenvalue weighted by molar-refractivity contribution is 1.27. The summed E-state index contributed by atoms with van der Waals surface area (Å²) in [7, 11) is 0. The van der Waals surface area contributed by atoms with E-state index in [9.17, 15) is 0 Å². The third-order valence-electron chi connectivity index (χ3n) is 0.861. The quantitative estimate of drug-likeness (QED) is 0.435. The summed E-state index contributed by atoms with van der Waals surface area (Å²) < 4.78 is 0. The lowest BCUT2D eigenvalue weighted by atomic mass is 10.5. The van der Waals surface area contributed by atoms with E-state index in [4.69, 9.17) is 11.8 Å². The van der Waals surface area contributed by atoms with Crippen LogP contribution in [-0.2, 0) is 11.8 Å². The summed E-state index contributed by atoms with van der Waals surface area (Å²) in [5.74, 6) is 2.19. The summed E-state index contributed by atoms with van der Waals surface area (Å²) in [5, 5.41) is 0. The number of hydrogen-bond donors (Lipinski definition) is 0. The van der Waals surface area contributed by atoms with Gasteiger partial charge in [-0.05, 0) is 19.3 Å². The zero-order valence-corrected chi connectivity index (χ0v) is 5.29. The van der Waals surface area contributed by atoms with E-state index in [1.165, 1.54) is 12.6 Å². The molecule has 0 aliphatic carbocycles. The van der Waals surface area contributed by atoms with Gasteiger partial charge in [0.15, 0.2) is 0 Å². The number of rotatable bonds is 0. The van der Waals surface area contributed by atoms with Crippen LogP contribution in [0.15, 0.2) is 11.9 Å². The van der Waals surface area contributed by atoms with Gasteiger partial charge in [-0.2, -0.15) is 0 Å². The zero-order chi connectivity index (χ0) is 4.41. The molecule has 0 fully saturated rings. The maximum Gasteiger partial charge on any atom is -0.0193 e. The number of allylic oxidation sites excluding steroid dienone is 1. The lowest BCUT2D eigenvalue weighted by Gasteiger charge is -1.77. The molecule has 1 atom stereocenters. The number of hydrogen-bond acceptors (Lipinski definition) is 1. The highest BCUT2D eigenvalue weighted by Crippen LogP contribution is 2.29. The Labute approximate surface area is 43.7 Å². The Kier molecular flexibility index (Phi) is 1.44. The van der Waals surface area contributed by atoms with Crippen LogP contribution in [0.2, 0.25) is 0 Å². The van der Waals surface area contributed by atoms with Crippen molar-refractivity contribution in [1.82, 2.24) is 0 Å². The van der Waals surface area contributed by atoms with Gasteiger partial charge in [0.2, 0.25) is 0 Å². The van der Waals surface area contributed by atoms with Crippen LogP contribution < -0.4 is 0 Å². The van der Waals surface area contributed by atoms with Crippen molar-refractivity contribution in [2.75, 3.05) is 6.16 Å². The average molecular weight is 118 g/mol. The first-order valence-corrected chi connectivity index (χ1v) is 5.01. The molecule has 0 saturated heterocycles. The fourth-order valence-corrected chi connectivity index (χ4v) is 2.21. The van der Waals surface area contributed by atoms with Gasteiger partial charge >= 0.3 is 0 Å². The van der Waals surface area contributed by atoms with Gasteiger partial charge in [-0.1, -0.05) is 23.7 Å². The Morgan fingerprint density at radius 1 is 1.67 bits per heavy atom.